The lowest BCUT2D eigenvalue weighted by molar-refractivity contribution is -0.204. The van der Waals surface area contributed by atoms with Crippen molar-refractivity contribution in [3.05, 3.63) is 0 Å². The molecule has 1 N–H and O–H groups in total. The quantitative estimate of drug-likeness (QED) is 0.783. The van der Waals surface area contributed by atoms with Crippen LogP contribution in [-0.2, 0) is 19.1 Å². The van der Waals surface area contributed by atoms with E-state index in [9.17, 15) is 4.79 Å². The van der Waals surface area contributed by atoms with Crippen molar-refractivity contribution >= 4 is 5.91 Å². The lowest BCUT2D eigenvalue weighted by Gasteiger charge is -2.41. The lowest BCUT2D eigenvalue weighted by Crippen LogP contribution is -2.57. The van der Waals surface area contributed by atoms with Crippen molar-refractivity contribution < 1.29 is 19.1 Å². The SMILES string of the molecule is CC1CN(C(C(=O)NOC2CCCCO2)C(C)C)CC(C)O1. The third kappa shape index (κ3) is 4.91. The number of carbonyl (C=O) groups excluding carboxylic acids is 1. The van der Waals surface area contributed by atoms with E-state index in [1.54, 1.807) is 0 Å². The largest absolute Gasteiger partial charge is 0.373 e. The minimum atomic E-state index is -0.312. The van der Waals surface area contributed by atoms with Crippen LogP contribution in [0.5, 0.6) is 0 Å². The Morgan fingerprint density at radius 1 is 1.23 bits per heavy atom. The summed E-state index contributed by atoms with van der Waals surface area (Å²) in [4.78, 5) is 20.2. The van der Waals surface area contributed by atoms with Crippen LogP contribution in [0.2, 0.25) is 0 Å². The third-order valence-electron chi connectivity index (χ3n) is 4.17. The van der Waals surface area contributed by atoms with Crippen LogP contribution in [0.1, 0.15) is 47.0 Å². The summed E-state index contributed by atoms with van der Waals surface area (Å²) in [5, 5.41) is 0. The molecule has 0 aromatic rings. The highest BCUT2D eigenvalue weighted by Gasteiger charge is 2.34. The fourth-order valence-electron chi connectivity index (χ4n) is 3.32. The van der Waals surface area contributed by atoms with E-state index in [0.717, 1.165) is 32.4 Å². The first-order chi connectivity index (χ1) is 10.5. The molecule has 22 heavy (non-hydrogen) atoms. The van der Waals surface area contributed by atoms with Crippen LogP contribution in [0.15, 0.2) is 0 Å². The predicted molar refractivity (Wildman–Crippen MR) is 83.0 cm³/mol. The molecule has 128 valence electrons. The van der Waals surface area contributed by atoms with Gasteiger partial charge in [-0.3, -0.25) is 9.69 Å². The molecule has 6 nitrogen and oxygen atoms in total. The van der Waals surface area contributed by atoms with E-state index in [2.05, 4.69) is 24.2 Å². The van der Waals surface area contributed by atoms with Gasteiger partial charge >= 0.3 is 0 Å². The van der Waals surface area contributed by atoms with Crippen LogP contribution in [-0.4, -0.2) is 55.0 Å². The van der Waals surface area contributed by atoms with Gasteiger partial charge in [-0.1, -0.05) is 13.8 Å². The van der Waals surface area contributed by atoms with Crippen molar-refractivity contribution in [2.24, 2.45) is 5.92 Å². The Bertz CT molecular complexity index is 348. The van der Waals surface area contributed by atoms with Crippen LogP contribution >= 0.6 is 0 Å². The van der Waals surface area contributed by atoms with Gasteiger partial charge in [-0.15, -0.1) is 0 Å². The zero-order valence-corrected chi connectivity index (χ0v) is 14.2. The summed E-state index contributed by atoms with van der Waals surface area (Å²) < 4.78 is 11.2. The topological polar surface area (TPSA) is 60.0 Å². The minimum absolute atomic E-state index is 0.0922. The Balaban J connectivity index is 1.90. The number of morpholine rings is 1. The highest BCUT2D eigenvalue weighted by molar-refractivity contribution is 5.81. The molecule has 0 radical (unpaired) electrons. The molecule has 0 spiro atoms. The standard InChI is InChI=1S/C16H30N2O4/c1-11(2)15(18-9-12(3)21-13(4)10-18)16(19)17-22-14-7-5-6-8-20-14/h11-15H,5-10H2,1-4H3,(H,17,19). The Morgan fingerprint density at radius 3 is 2.45 bits per heavy atom. The number of hydrogen-bond acceptors (Lipinski definition) is 5. The summed E-state index contributed by atoms with van der Waals surface area (Å²) in [6.07, 6.45) is 2.94. The molecule has 6 heteroatoms. The first kappa shape index (κ1) is 17.7. The molecule has 0 bridgehead atoms. The molecule has 1 amide bonds. The van der Waals surface area contributed by atoms with Crippen molar-refractivity contribution in [1.29, 1.82) is 0 Å². The summed E-state index contributed by atoms with van der Waals surface area (Å²) in [5.41, 5.74) is 2.61. The van der Waals surface area contributed by atoms with Gasteiger partial charge in [-0.25, -0.2) is 10.3 Å². The monoisotopic (exact) mass is 314 g/mol. The zero-order valence-electron chi connectivity index (χ0n) is 14.2. The summed E-state index contributed by atoms with van der Waals surface area (Å²) in [6, 6.07) is -0.211. The molecule has 2 saturated heterocycles. The number of ether oxygens (including phenoxy) is 2. The first-order valence-corrected chi connectivity index (χ1v) is 8.44. The van der Waals surface area contributed by atoms with Crippen LogP contribution in [0.25, 0.3) is 0 Å². The molecular formula is C16H30N2O4. The van der Waals surface area contributed by atoms with E-state index < -0.39 is 0 Å². The van der Waals surface area contributed by atoms with Gasteiger partial charge in [0.1, 0.15) is 0 Å². The van der Waals surface area contributed by atoms with Crippen molar-refractivity contribution in [2.75, 3.05) is 19.7 Å². The zero-order chi connectivity index (χ0) is 16.1. The second kappa shape index (κ2) is 8.24. The normalized spacial score (nSPS) is 32.0. The van der Waals surface area contributed by atoms with Gasteiger partial charge in [-0.05, 0) is 32.6 Å². The van der Waals surface area contributed by atoms with Crippen LogP contribution in [0, 0.1) is 5.92 Å². The van der Waals surface area contributed by atoms with Gasteiger partial charge in [0, 0.05) is 26.1 Å². The van der Waals surface area contributed by atoms with Crippen molar-refractivity contribution in [3.63, 3.8) is 0 Å². The molecular weight excluding hydrogens is 284 g/mol. The van der Waals surface area contributed by atoms with Crippen molar-refractivity contribution in [3.8, 4) is 0 Å². The van der Waals surface area contributed by atoms with Crippen LogP contribution in [0.3, 0.4) is 0 Å². The fraction of sp³-hybridized carbons (Fsp3) is 0.938. The minimum Gasteiger partial charge on any atom is -0.373 e. The molecule has 2 heterocycles. The first-order valence-electron chi connectivity index (χ1n) is 8.44. The number of hydroxylamine groups is 1. The molecule has 2 aliphatic rings. The number of hydrogen-bond donors (Lipinski definition) is 1. The number of amides is 1. The molecule has 2 fully saturated rings. The highest BCUT2D eigenvalue weighted by atomic mass is 16.8. The summed E-state index contributed by atoms with van der Waals surface area (Å²) >= 11 is 0. The molecule has 2 aliphatic heterocycles. The van der Waals surface area contributed by atoms with E-state index in [-0.39, 0.29) is 36.4 Å². The maximum absolute atomic E-state index is 12.6. The molecule has 2 rings (SSSR count). The van der Waals surface area contributed by atoms with E-state index >= 15 is 0 Å². The van der Waals surface area contributed by atoms with E-state index in [0.29, 0.717) is 6.61 Å². The number of rotatable bonds is 5. The van der Waals surface area contributed by atoms with Gasteiger partial charge < -0.3 is 9.47 Å². The number of nitrogens with zero attached hydrogens (tertiary/aromatic N) is 1. The van der Waals surface area contributed by atoms with Gasteiger partial charge in [0.05, 0.1) is 18.2 Å². The molecule has 0 aromatic carbocycles. The highest BCUT2D eigenvalue weighted by Crippen LogP contribution is 2.19. The van der Waals surface area contributed by atoms with Crippen LogP contribution < -0.4 is 5.48 Å². The Labute approximate surface area is 133 Å². The van der Waals surface area contributed by atoms with Crippen molar-refractivity contribution in [1.82, 2.24) is 10.4 Å². The maximum atomic E-state index is 12.6. The molecule has 4 unspecified atom stereocenters. The maximum Gasteiger partial charge on any atom is 0.261 e. The van der Waals surface area contributed by atoms with E-state index in [4.69, 9.17) is 14.3 Å². The van der Waals surface area contributed by atoms with Crippen molar-refractivity contribution in [2.45, 2.75) is 71.5 Å². The van der Waals surface area contributed by atoms with Gasteiger partial charge in [0.2, 0.25) is 0 Å². The number of carbonyl (C=O) groups is 1. The summed E-state index contributed by atoms with van der Waals surface area (Å²) in [5.74, 6) is 0.110. The van der Waals surface area contributed by atoms with Gasteiger partial charge in [0.15, 0.2) is 6.29 Å². The molecule has 0 aromatic heterocycles. The second-order valence-electron chi connectivity index (χ2n) is 6.78. The number of nitrogens with one attached hydrogen (secondary N) is 1. The Morgan fingerprint density at radius 2 is 1.91 bits per heavy atom. The summed E-state index contributed by atoms with van der Waals surface area (Å²) in [7, 11) is 0. The average molecular weight is 314 g/mol. The van der Waals surface area contributed by atoms with E-state index in [1.165, 1.54) is 0 Å². The molecule has 4 atom stereocenters. The lowest BCUT2D eigenvalue weighted by atomic mass is 10.00. The molecule has 0 saturated carbocycles. The molecule has 0 aliphatic carbocycles. The third-order valence-corrected chi connectivity index (χ3v) is 4.17. The summed E-state index contributed by atoms with van der Waals surface area (Å²) in [6.45, 7) is 10.4. The van der Waals surface area contributed by atoms with Gasteiger partial charge in [0.25, 0.3) is 5.91 Å². The Kier molecular flexibility index (Phi) is 6.62. The van der Waals surface area contributed by atoms with Gasteiger partial charge in [-0.2, -0.15) is 0 Å². The van der Waals surface area contributed by atoms with Crippen LogP contribution in [0.4, 0.5) is 0 Å². The second-order valence-corrected chi connectivity index (χ2v) is 6.78. The Hall–Kier alpha value is -0.690. The smallest absolute Gasteiger partial charge is 0.261 e. The average Bonchev–Trinajstić information content (AvgIpc) is 2.45. The van der Waals surface area contributed by atoms with E-state index in [1.807, 2.05) is 13.8 Å². The fourth-order valence-corrected chi connectivity index (χ4v) is 3.32. The predicted octanol–water partition coefficient (Wildman–Crippen LogP) is 1.69.